The Morgan fingerprint density at radius 2 is 1.25 bits per heavy atom. The SMILES string of the molecule is COC1=CC(=O)N(c2cc(NC(=O)OC(C)(C)C)cc(N3C(=O)C=C(OC)C3=O)c2)C1=O. The van der Waals surface area contributed by atoms with Crippen LogP contribution >= 0.6 is 0 Å². The van der Waals surface area contributed by atoms with Crippen molar-refractivity contribution in [1.29, 1.82) is 0 Å². The Morgan fingerprint density at radius 1 is 0.812 bits per heavy atom. The topological polar surface area (TPSA) is 132 Å². The first-order valence-corrected chi connectivity index (χ1v) is 9.38. The van der Waals surface area contributed by atoms with Gasteiger partial charge in [0.05, 0.1) is 37.7 Å². The van der Waals surface area contributed by atoms with Crippen molar-refractivity contribution in [3.8, 4) is 0 Å². The molecule has 168 valence electrons. The summed E-state index contributed by atoms with van der Waals surface area (Å²) in [6.07, 6.45) is 1.20. The summed E-state index contributed by atoms with van der Waals surface area (Å²) < 4.78 is 15.0. The van der Waals surface area contributed by atoms with Crippen molar-refractivity contribution in [3.05, 3.63) is 41.9 Å². The summed E-state index contributed by atoms with van der Waals surface area (Å²) in [5, 5.41) is 2.48. The fourth-order valence-corrected chi connectivity index (χ4v) is 3.03. The summed E-state index contributed by atoms with van der Waals surface area (Å²) in [5.74, 6) is -3.23. The predicted molar refractivity (Wildman–Crippen MR) is 111 cm³/mol. The van der Waals surface area contributed by atoms with Crippen molar-refractivity contribution in [1.82, 2.24) is 0 Å². The van der Waals surface area contributed by atoms with E-state index in [0.29, 0.717) is 0 Å². The number of ether oxygens (including phenoxy) is 3. The lowest BCUT2D eigenvalue weighted by Gasteiger charge is -2.22. The number of nitrogens with one attached hydrogen (secondary N) is 1. The highest BCUT2D eigenvalue weighted by atomic mass is 16.6. The van der Waals surface area contributed by atoms with Gasteiger partial charge >= 0.3 is 17.9 Å². The van der Waals surface area contributed by atoms with E-state index in [1.165, 1.54) is 32.4 Å². The van der Waals surface area contributed by atoms with Crippen LogP contribution in [-0.2, 0) is 33.4 Å². The van der Waals surface area contributed by atoms with Gasteiger partial charge < -0.3 is 14.2 Å². The van der Waals surface area contributed by atoms with Crippen LogP contribution in [0.25, 0.3) is 0 Å². The number of hydrogen-bond acceptors (Lipinski definition) is 8. The smallest absolute Gasteiger partial charge is 0.412 e. The first-order valence-electron chi connectivity index (χ1n) is 9.38. The maximum absolute atomic E-state index is 12.6. The standard InChI is InChI=1S/C21H21N3O8/c1-21(2,3)32-20(29)22-11-6-12(23-16(25)9-14(30-4)18(23)27)8-13(7-11)24-17(26)10-15(31-5)19(24)28/h6-10H,1-5H3,(H,22,29). The fraction of sp³-hybridized carbons (Fsp3) is 0.286. The molecule has 1 N–H and O–H groups in total. The van der Waals surface area contributed by atoms with Gasteiger partial charge in [-0.15, -0.1) is 0 Å². The molecule has 2 aliphatic rings. The molecule has 32 heavy (non-hydrogen) atoms. The number of benzene rings is 1. The van der Waals surface area contributed by atoms with Crippen molar-refractivity contribution in [2.24, 2.45) is 0 Å². The van der Waals surface area contributed by atoms with Gasteiger partial charge in [0.15, 0.2) is 11.5 Å². The largest absolute Gasteiger partial charge is 0.491 e. The summed E-state index contributed by atoms with van der Waals surface area (Å²) in [7, 11) is 2.48. The van der Waals surface area contributed by atoms with E-state index in [9.17, 15) is 24.0 Å². The third-order valence-corrected chi connectivity index (χ3v) is 4.28. The van der Waals surface area contributed by atoms with E-state index < -0.39 is 35.3 Å². The molecular weight excluding hydrogens is 422 g/mol. The quantitative estimate of drug-likeness (QED) is 0.682. The third kappa shape index (κ3) is 4.31. The molecule has 0 saturated carbocycles. The molecule has 11 nitrogen and oxygen atoms in total. The molecule has 5 amide bonds. The molecule has 11 heteroatoms. The Balaban J connectivity index is 2.04. The van der Waals surface area contributed by atoms with Gasteiger partial charge in [-0.1, -0.05) is 0 Å². The molecule has 0 saturated heterocycles. The third-order valence-electron chi connectivity index (χ3n) is 4.28. The molecule has 0 aliphatic carbocycles. The monoisotopic (exact) mass is 443 g/mol. The second-order valence-corrected chi connectivity index (χ2v) is 7.75. The van der Waals surface area contributed by atoms with Crippen LogP contribution in [0.15, 0.2) is 41.9 Å². The molecule has 1 aromatic rings. The van der Waals surface area contributed by atoms with Crippen LogP contribution in [0.1, 0.15) is 20.8 Å². The molecule has 0 radical (unpaired) electrons. The Bertz CT molecular complexity index is 1030. The minimum atomic E-state index is -0.815. The number of nitrogens with zero attached hydrogens (tertiary/aromatic N) is 2. The van der Waals surface area contributed by atoms with E-state index in [2.05, 4.69) is 5.32 Å². The van der Waals surface area contributed by atoms with Crippen LogP contribution in [0.5, 0.6) is 0 Å². The van der Waals surface area contributed by atoms with Gasteiger partial charge in [-0.3, -0.25) is 24.5 Å². The average molecular weight is 443 g/mol. The molecular formula is C21H21N3O8. The summed E-state index contributed by atoms with van der Waals surface area (Å²) >= 11 is 0. The van der Waals surface area contributed by atoms with Crippen molar-refractivity contribution in [3.63, 3.8) is 0 Å². The normalized spacial score (nSPS) is 16.3. The Labute approximate surface area is 183 Å². The van der Waals surface area contributed by atoms with Gasteiger partial charge in [-0.05, 0) is 39.0 Å². The second kappa shape index (κ2) is 8.17. The van der Waals surface area contributed by atoms with Gasteiger partial charge in [0.2, 0.25) is 0 Å². The van der Waals surface area contributed by atoms with Crippen molar-refractivity contribution < 1.29 is 38.2 Å². The Kier molecular flexibility index (Phi) is 5.76. The van der Waals surface area contributed by atoms with Gasteiger partial charge in [-0.25, -0.2) is 14.6 Å². The second-order valence-electron chi connectivity index (χ2n) is 7.75. The molecule has 0 fully saturated rings. The number of rotatable bonds is 5. The van der Waals surface area contributed by atoms with Crippen molar-refractivity contribution in [2.45, 2.75) is 26.4 Å². The summed E-state index contributed by atoms with van der Waals surface area (Å²) in [6, 6.07) is 3.93. The molecule has 1 aromatic carbocycles. The van der Waals surface area contributed by atoms with Crippen LogP contribution in [0.2, 0.25) is 0 Å². The Morgan fingerprint density at radius 3 is 1.59 bits per heavy atom. The lowest BCUT2D eigenvalue weighted by atomic mass is 10.2. The average Bonchev–Trinajstić information content (AvgIpc) is 3.13. The predicted octanol–water partition coefficient (Wildman–Crippen LogP) is 1.84. The summed E-state index contributed by atoms with van der Waals surface area (Å²) in [6.45, 7) is 5.02. The number of methoxy groups -OCH3 is 2. The first-order chi connectivity index (χ1) is 14.9. The molecule has 0 unspecified atom stereocenters. The first kappa shape index (κ1) is 22.5. The number of anilines is 3. The van der Waals surface area contributed by atoms with Gasteiger partial charge in [0.25, 0.3) is 11.8 Å². The summed E-state index contributed by atoms with van der Waals surface area (Å²) in [5.41, 5.74) is -0.720. The van der Waals surface area contributed by atoms with E-state index in [1.54, 1.807) is 20.8 Å². The maximum Gasteiger partial charge on any atom is 0.412 e. The van der Waals surface area contributed by atoms with Crippen LogP contribution in [0.3, 0.4) is 0 Å². The fourth-order valence-electron chi connectivity index (χ4n) is 3.03. The van der Waals surface area contributed by atoms with E-state index in [1.807, 2.05) is 0 Å². The summed E-state index contributed by atoms with van der Waals surface area (Å²) in [4.78, 5) is 63.7. The molecule has 0 bridgehead atoms. The molecule has 0 aromatic heterocycles. The highest BCUT2D eigenvalue weighted by Crippen LogP contribution is 2.33. The van der Waals surface area contributed by atoms with Crippen LogP contribution in [0, 0.1) is 0 Å². The molecule has 0 spiro atoms. The van der Waals surface area contributed by atoms with E-state index in [4.69, 9.17) is 14.2 Å². The van der Waals surface area contributed by atoms with E-state index in [-0.39, 0.29) is 28.6 Å². The molecule has 0 atom stereocenters. The van der Waals surface area contributed by atoms with Crippen molar-refractivity contribution >= 4 is 46.8 Å². The zero-order chi connectivity index (χ0) is 23.8. The van der Waals surface area contributed by atoms with Gasteiger partial charge in [0.1, 0.15) is 5.60 Å². The zero-order valence-electron chi connectivity index (χ0n) is 18.0. The van der Waals surface area contributed by atoms with Crippen LogP contribution in [0.4, 0.5) is 21.9 Å². The highest BCUT2D eigenvalue weighted by molar-refractivity contribution is 6.32. The molecule has 3 rings (SSSR count). The number of imide groups is 2. The zero-order valence-corrected chi connectivity index (χ0v) is 18.0. The number of carbonyl (C=O) groups excluding carboxylic acids is 5. The van der Waals surface area contributed by atoms with Crippen LogP contribution in [-0.4, -0.2) is 49.5 Å². The maximum atomic E-state index is 12.6. The molecule has 2 aliphatic heterocycles. The van der Waals surface area contributed by atoms with Gasteiger partial charge in [0, 0.05) is 5.69 Å². The Hall–Kier alpha value is -4.15. The van der Waals surface area contributed by atoms with E-state index in [0.717, 1.165) is 22.0 Å². The number of amides is 5. The van der Waals surface area contributed by atoms with E-state index >= 15 is 0 Å². The highest BCUT2D eigenvalue weighted by Gasteiger charge is 2.37. The van der Waals surface area contributed by atoms with Crippen molar-refractivity contribution in [2.75, 3.05) is 29.3 Å². The van der Waals surface area contributed by atoms with Gasteiger partial charge in [-0.2, -0.15) is 0 Å². The minimum absolute atomic E-state index is 0.00155. The minimum Gasteiger partial charge on any atom is -0.491 e. The number of carbonyl (C=O) groups is 5. The lowest BCUT2D eigenvalue weighted by molar-refractivity contribution is -0.123. The molecule has 2 heterocycles. The lowest BCUT2D eigenvalue weighted by Crippen LogP contribution is -2.33. The number of hydrogen-bond donors (Lipinski definition) is 1. The van der Waals surface area contributed by atoms with Crippen LogP contribution < -0.4 is 15.1 Å².